The molecule has 0 bridgehead atoms. The summed E-state index contributed by atoms with van der Waals surface area (Å²) in [5.74, 6) is -0.453. The van der Waals surface area contributed by atoms with Crippen molar-refractivity contribution in [3.05, 3.63) is 54.1 Å². The highest BCUT2D eigenvalue weighted by molar-refractivity contribution is 5.77. The number of morpholine rings is 1. The summed E-state index contributed by atoms with van der Waals surface area (Å²) in [6, 6.07) is 11.6. The molecule has 208 valence electrons. The first-order valence-electron chi connectivity index (χ1n) is 12.8. The lowest BCUT2D eigenvalue weighted by atomic mass is 10.0. The van der Waals surface area contributed by atoms with E-state index in [1.807, 2.05) is 17.0 Å². The number of piperidine rings is 1. The molecule has 2 fully saturated rings. The molecule has 11 nitrogen and oxygen atoms in total. The molecule has 3 aromatic rings. The maximum absolute atomic E-state index is 14.9. The molecule has 1 amide bonds. The van der Waals surface area contributed by atoms with Gasteiger partial charge in [-0.1, -0.05) is 0 Å². The van der Waals surface area contributed by atoms with E-state index in [0.29, 0.717) is 31.9 Å². The van der Waals surface area contributed by atoms with E-state index in [0.717, 1.165) is 5.69 Å². The van der Waals surface area contributed by atoms with Crippen LogP contribution in [0.5, 0.6) is 5.75 Å². The van der Waals surface area contributed by atoms with Crippen LogP contribution in [0.2, 0.25) is 0 Å². The van der Waals surface area contributed by atoms with Crippen molar-refractivity contribution in [1.29, 1.82) is 5.26 Å². The summed E-state index contributed by atoms with van der Waals surface area (Å²) in [6.45, 7) is 1.94. The van der Waals surface area contributed by atoms with Gasteiger partial charge in [0, 0.05) is 37.3 Å². The van der Waals surface area contributed by atoms with Crippen LogP contribution < -0.4 is 15.0 Å². The van der Waals surface area contributed by atoms with E-state index >= 15 is 0 Å². The van der Waals surface area contributed by atoms with Gasteiger partial charge in [0.2, 0.25) is 11.9 Å². The smallest absolute Gasteiger partial charge is 0.248 e. The number of nitrogens with zero attached hydrogens (tertiary/aromatic N) is 6. The van der Waals surface area contributed by atoms with Gasteiger partial charge >= 0.3 is 0 Å². The van der Waals surface area contributed by atoms with Gasteiger partial charge in [0.25, 0.3) is 0 Å². The standard InChI is InChI=1S/C27H27F2N7O4/c28-20-12-19(35-7-9-39-10-8-35)2-3-22(20)33-27-32-16-31-26(34-27)17-1-4-23(18(11-17)13-30)40-24-5-6-36(14-21(24)29)25(38)15-37/h1-4,11-12,16,21,24,37H,5-10,14-15H2,(H,31,32,33,34)/t21?,24-/m0/s1. The van der Waals surface area contributed by atoms with Crippen molar-refractivity contribution in [2.75, 3.05) is 56.2 Å². The maximum atomic E-state index is 14.9. The molecule has 0 spiro atoms. The Morgan fingerprint density at radius 2 is 2.02 bits per heavy atom. The number of anilines is 3. The lowest BCUT2D eigenvalue weighted by Gasteiger charge is -2.34. The number of halogens is 2. The van der Waals surface area contributed by atoms with E-state index in [1.165, 1.54) is 29.4 Å². The highest BCUT2D eigenvalue weighted by Gasteiger charge is 2.33. The van der Waals surface area contributed by atoms with Gasteiger partial charge in [0.1, 0.15) is 36.7 Å². The third-order valence-electron chi connectivity index (χ3n) is 6.75. The van der Waals surface area contributed by atoms with Crippen molar-refractivity contribution < 1.29 is 28.2 Å². The molecule has 2 atom stereocenters. The number of hydrogen-bond donors (Lipinski definition) is 2. The molecule has 0 saturated carbocycles. The van der Waals surface area contributed by atoms with E-state index in [2.05, 4.69) is 20.3 Å². The summed E-state index contributed by atoms with van der Waals surface area (Å²) in [5, 5.41) is 21.6. The number of rotatable bonds is 7. The van der Waals surface area contributed by atoms with Crippen LogP contribution in [0.25, 0.3) is 11.4 Å². The van der Waals surface area contributed by atoms with Gasteiger partial charge in [-0.3, -0.25) is 4.79 Å². The maximum Gasteiger partial charge on any atom is 0.248 e. The molecule has 40 heavy (non-hydrogen) atoms. The molecule has 3 heterocycles. The summed E-state index contributed by atoms with van der Waals surface area (Å²) in [6.07, 6.45) is -0.836. The number of benzene rings is 2. The number of carbonyl (C=O) groups is 1. The third-order valence-corrected chi connectivity index (χ3v) is 6.75. The number of nitrogens with one attached hydrogen (secondary N) is 1. The number of nitriles is 1. The Hall–Kier alpha value is -4.41. The van der Waals surface area contributed by atoms with E-state index in [1.54, 1.807) is 12.1 Å². The molecule has 2 aliphatic heterocycles. The minimum Gasteiger partial charge on any atom is -0.486 e. The number of alkyl halides is 1. The van der Waals surface area contributed by atoms with Crippen LogP contribution in [0.15, 0.2) is 42.7 Å². The fraction of sp³-hybridized carbons (Fsp3) is 0.370. The number of hydrogen-bond acceptors (Lipinski definition) is 10. The van der Waals surface area contributed by atoms with Crippen molar-refractivity contribution >= 4 is 23.2 Å². The molecule has 2 saturated heterocycles. The fourth-order valence-corrected chi connectivity index (χ4v) is 4.60. The van der Waals surface area contributed by atoms with Crippen molar-refractivity contribution in [1.82, 2.24) is 19.9 Å². The number of amides is 1. The van der Waals surface area contributed by atoms with Gasteiger partial charge in [-0.15, -0.1) is 0 Å². The van der Waals surface area contributed by atoms with Gasteiger partial charge in [-0.25, -0.2) is 18.7 Å². The Bertz CT molecular complexity index is 1410. The van der Waals surface area contributed by atoms with Crippen LogP contribution in [-0.4, -0.2) is 89.1 Å². The van der Waals surface area contributed by atoms with Crippen LogP contribution in [0.4, 0.5) is 26.1 Å². The number of ether oxygens (including phenoxy) is 2. The second kappa shape index (κ2) is 12.2. The van der Waals surface area contributed by atoms with Crippen LogP contribution in [0, 0.1) is 17.1 Å². The van der Waals surface area contributed by atoms with Crippen LogP contribution in [0.1, 0.15) is 12.0 Å². The molecule has 2 aromatic carbocycles. The number of aliphatic hydroxyl groups excluding tert-OH is 1. The first-order chi connectivity index (χ1) is 19.4. The number of aliphatic hydroxyl groups is 1. The zero-order valence-electron chi connectivity index (χ0n) is 21.5. The molecule has 13 heteroatoms. The highest BCUT2D eigenvalue weighted by Crippen LogP contribution is 2.29. The van der Waals surface area contributed by atoms with Crippen molar-refractivity contribution in [2.24, 2.45) is 0 Å². The van der Waals surface area contributed by atoms with E-state index in [9.17, 15) is 18.8 Å². The number of likely N-dealkylation sites (tertiary alicyclic amines) is 1. The predicted octanol–water partition coefficient (Wildman–Crippen LogP) is 2.44. The van der Waals surface area contributed by atoms with Crippen molar-refractivity contribution in [2.45, 2.75) is 18.7 Å². The molecular weight excluding hydrogens is 524 g/mol. The second-order valence-electron chi connectivity index (χ2n) is 9.30. The summed E-state index contributed by atoms with van der Waals surface area (Å²) in [5.41, 5.74) is 1.59. The largest absolute Gasteiger partial charge is 0.486 e. The van der Waals surface area contributed by atoms with E-state index in [4.69, 9.17) is 14.6 Å². The first kappa shape index (κ1) is 27.2. The quantitative estimate of drug-likeness (QED) is 0.451. The molecule has 0 radical (unpaired) electrons. The van der Waals surface area contributed by atoms with Crippen molar-refractivity contribution in [3.63, 3.8) is 0 Å². The van der Waals surface area contributed by atoms with Gasteiger partial charge in [0.05, 0.1) is 31.0 Å². The minimum absolute atomic E-state index is 0.117. The van der Waals surface area contributed by atoms with Crippen LogP contribution >= 0.6 is 0 Å². The van der Waals surface area contributed by atoms with Gasteiger partial charge < -0.3 is 29.7 Å². The third kappa shape index (κ3) is 6.08. The second-order valence-corrected chi connectivity index (χ2v) is 9.30. The number of aromatic nitrogens is 3. The molecule has 1 unspecified atom stereocenters. The summed E-state index contributed by atoms with van der Waals surface area (Å²) >= 11 is 0. The Labute approximate surface area is 229 Å². The SMILES string of the molecule is N#Cc1cc(-c2ncnc(Nc3ccc(N4CCOCC4)cc3F)n2)ccc1O[C@H]1CCN(C(=O)CO)CC1F. The molecule has 2 N–H and O–H groups in total. The minimum atomic E-state index is -1.48. The van der Waals surface area contributed by atoms with Crippen molar-refractivity contribution in [3.8, 4) is 23.2 Å². The summed E-state index contributed by atoms with van der Waals surface area (Å²) < 4.78 is 40.7. The molecular formula is C27H27F2N7O4. The highest BCUT2D eigenvalue weighted by atomic mass is 19.1. The monoisotopic (exact) mass is 551 g/mol. The Morgan fingerprint density at radius 3 is 2.75 bits per heavy atom. The molecule has 0 aliphatic carbocycles. The van der Waals surface area contributed by atoms with Gasteiger partial charge in [-0.05, 0) is 36.4 Å². The zero-order valence-corrected chi connectivity index (χ0v) is 21.5. The topological polar surface area (TPSA) is 137 Å². The first-order valence-corrected chi connectivity index (χ1v) is 12.8. The van der Waals surface area contributed by atoms with Gasteiger partial charge in [0.15, 0.2) is 12.0 Å². The lowest BCUT2D eigenvalue weighted by Crippen LogP contribution is -2.50. The summed E-state index contributed by atoms with van der Waals surface area (Å²) in [7, 11) is 0. The molecule has 1 aromatic heterocycles. The van der Waals surface area contributed by atoms with Crippen LogP contribution in [0.3, 0.4) is 0 Å². The van der Waals surface area contributed by atoms with E-state index < -0.39 is 30.6 Å². The van der Waals surface area contributed by atoms with Gasteiger partial charge in [-0.2, -0.15) is 10.2 Å². The fourth-order valence-electron chi connectivity index (χ4n) is 4.60. The average molecular weight is 552 g/mol. The summed E-state index contributed by atoms with van der Waals surface area (Å²) in [4.78, 5) is 27.6. The average Bonchev–Trinajstić information content (AvgIpc) is 2.99. The van der Waals surface area contributed by atoms with Crippen LogP contribution in [-0.2, 0) is 9.53 Å². The zero-order chi connectivity index (χ0) is 28.1. The Morgan fingerprint density at radius 1 is 1.20 bits per heavy atom. The number of carbonyl (C=O) groups excluding carboxylic acids is 1. The Balaban J connectivity index is 1.28. The predicted molar refractivity (Wildman–Crippen MR) is 140 cm³/mol. The lowest BCUT2D eigenvalue weighted by molar-refractivity contribution is -0.138. The molecule has 5 rings (SSSR count). The molecule has 2 aliphatic rings. The normalized spacial score (nSPS) is 19.1. The van der Waals surface area contributed by atoms with E-state index in [-0.39, 0.29) is 48.3 Å². The Kier molecular flexibility index (Phi) is 8.28.